The van der Waals surface area contributed by atoms with Gasteiger partial charge in [-0.25, -0.2) is 0 Å². The number of nitrogens with two attached hydrogens (primary N) is 1. The molecule has 0 bridgehead atoms. The minimum Gasteiger partial charge on any atom is -0.374 e. The molecule has 1 atom stereocenters. The first-order chi connectivity index (χ1) is 8.64. The van der Waals surface area contributed by atoms with Crippen molar-refractivity contribution < 1.29 is 13.3 Å². The minimum atomic E-state index is -2.44. The second-order valence-electron chi connectivity index (χ2n) is 4.42. The first kappa shape index (κ1) is 18.1. The monoisotopic (exact) mass is 277 g/mol. The van der Waals surface area contributed by atoms with Crippen molar-refractivity contribution in [1.82, 2.24) is 0 Å². The molecule has 0 saturated heterocycles. The SMILES string of the molecule is CCCC(N)CCC[Si](OCC)(OCC)OCC. The fraction of sp³-hybridized carbons (Fsp3) is 1.00. The molecule has 0 amide bonds. The molecule has 0 saturated carbocycles. The Bertz CT molecular complexity index is 176. The van der Waals surface area contributed by atoms with Crippen LogP contribution in [0.2, 0.25) is 6.04 Å². The number of hydrogen-bond donors (Lipinski definition) is 1. The standard InChI is InChI=1S/C13H31NO3Si/c1-5-10-13(14)11-9-12-18(15-6-2,16-7-3)17-8-4/h13H,5-12,14H2,1-4H3. The lowest BCUT2D eigenvalue weighted by molar-refractivity contribution is 0.0705. The third kappa shape index (κ3) is 7.48. The second kappa shape index (κ2) is 10.9. The van der Waals surface area contributed by atoms with Crippen LogP contribution < -0.4 is 5.73 Å². The van der Waals surface area contributed by atoms with Crippen molar-refractivity contribution in [2.75, 3.05) is 19.8 Å². The number of rotatable bonds is 12. The highest BCUT2D eigenvalue weighted by Crippen LogP contribution is 2.20. The van der Waals surface area contributed by atoms with Gasteiger partial charge in [0.25, 0.3) is 0 Å². The summed E-state index contributed by atoms with van der Waals surface area (Å²) in [6.45, 7) is 10.1. The van der Waals surface area contributed by atoms with E-state index in [9.17, 15) is 0 Å². The van der Waals surface area contributed by atoms with Crippen molar-refractivity contribution >= 4 is 8.80 Å². The average molecular weight is 277 g/mol. The maximum atomic E-state index is 6.03. The summed E-state index contributed by atoms with van der Waals surface area (Å²) >= 11 is 0. The van der Waals surface area contributed by atoms with Gasteiger partial charge >= 0.3 is 8.80 Å². The molecule has 0 aromatic rings. The van der Waals surface area contributed by atoms with Crippen molar-refractivity contribution in [3.05, 3.63) is 0 Å². The zero-order valence-corrected chi connectivity index (χ0v) is 13.5. The van der Waals surface area contributed by atoms with Crippen LogP contribution in [0.4, 0.5) is 0 Å². The van der Waals surface area contributed by atoms with E-state index in [0.717, 1.165) is 31.7 Å². The van der Waals surface area contributed by atoms with Gasteiger partial charge in [-0.05, 0) is 40.0 Å². The fourth-order valence-electron chi connectivity index (χ4n) is 2.10. The third-order valence-corrected chi connectivity index (χ3v) is 5.96. The maximum Gasteiger partial charge on any atom is 0.500 e. The second-order valence-corrected chi connectivity index (χ2v) is 7.16. The Kier molecular flexibility index (Phi) is 11.0. The van der Waals surface area contributed by atoms with Gasteiger partial charge in [0.05, 0.1) is 0 Å². The molecule has 110 valence electrons. The third-order valence-electron chi connectivity index (χ3n) is 2.81. The molecular formula is C13H31NO3Si. The van der Waals surface area contributed by atoms with Crippen LogP contribution in [-0.2, 0) is 13.3 Å². The van der Waals surface area contributed by atoms with Crippen LogP contribution in [0.1, 0.15) is 53.4 Å². The smallest absolute Gasteiger partial charge is 0.374 e. The zero-order chi connectivity index (χ0) is 13.9. The van der Waals surface area contributed by atoms with E-state index in [1.54, 1.807) is 0 Å². The Balaban J connectivity index is 4.20. The summed E-state index contributed by atoms with van der Waals surface area (Å²) in [5.74, 6) is 0. The lowest BCUT2D eigenvalue weighted by Crippen LogP contribution is -2.46. The Morgan fingerprint density at radius 1 is 0.889 bits per heavy atom. The Morgan fingerprint density at radius 3 is 1.78 bits per heavy atom. The van der Waals surface area contributed by atoms with Crippen LogP contribution in [0.3, 0.4) is 0 Å². The van der Waals surface area contributed by atoms with E-state index in [4.69, 9.17) is 19.0 Å². The highest BCUT2D eigenvalue weighted by molar-refractivity contribution is 6.60. The van der Waals surface area contributed by atoms with E-state index >= 15 is 0 Å². The zero-order valence-electron chi connectivity index (χ0n) is 12.5. The molecule has 0 aliphatic rings. The molecule has 4 nitrogen and oxygen atoms in total. The Labute approximate surface area is 114 Å². The highest BCUT2D eigenvalue weighted by Gasteiger charge is 2.39. The van der Waals surface area contributed by atoms with E-state index < -0.39 is 8.80 Å². The molecule has 18 heavy (non-hydrogen) atoms. The van der Waals surface area contributed by atoms with Gasteiger partial charge in [-0.1, -0.05) is 13.3 Å². The highest BCUT2D eigenvalue weighted by atomic mass is 28.4. The normalized spacial score (nSPS) is 13.8. The number of hydrogen-bond acceptors (Lipinski definition) is 4. The molecule has 0 rings (SSSR count). The van der Waals surface area contributed by atoms with E-state index in [2.05, 4.69) is 6.92 Å². The summed E-state index contributed by atoms with van der Waals surface area (Å²) < 4.78 is 17.4. The van der Waals surface area contributed by atoms with Gasteiger partial charge in [-0.2, -0.15) is 0 Å². The van der Waals surface area contributed by atoms with Crippen molar-refractivity contribution in [3.8, 4) is 0 Å². The van der Waals surface area contributed by atoms with E-state index in [0.29, 0.717) is 25.9 Å². The van der Waals surface area contributed by atoms with Crippen LogP contribution in [-0.4, -0.2) is 34.7 Å². The van der Waals surface area contributed by atoms with Crippen molar-refractivity contribution in [2.45, 2.75) is 65.5 Å². The summed E-state index contributed by atoms with van der Waals surface area (Å²) in [5, 5.41) is 0. The quantitative estimate of drug-likeness (QED) is 0.557. The lowest BCUT2D eigenvalue weighted by atomic mass is 10.1. The van der Waals surface area contributed by atoms with Crippen molar-refractivity contribution in [3.63, 3.8) is 0 Å². The molecule has 0 spiro atoms. The van der Waals surface area contributed by atoms with Gasteiger partial charge in [-0.15, -0.1) is 0 Å². The van der Waals surface area contributed by atoms with Gasteiger partial charge in [0, 0.05) is 31.9 Å². The lowest BCUT2D eigenvalue weighted by Gasteiger charge is -2.28. The molecule has 5 heteroatoms. The van der Waals surface area contributed by atoms with Gasteiger partial charge < -0.3 is 19.0 Å². The topological polar surface area (TPSA) is 53.7 Å². The predicted octanol–water partition coefficient (Wildman–Crippen LogP) is 2.94. The summed E-state index contributed by atoms with van der Waals surface area (Å²) in [7, 11) is -2.44. The summed E-state index contributed by atoms with van der Waals surface area (Å²) in [4.78, 5) is 0. The van der Waals surface area contributed by atoms with E-state index in [1.807, 2.05) is 20.8 Å². The van der Waals surface area contributed by atoms with E-state index in [1.165, 1.54) is 0 Å². The minimum absolute atomic E-state index is 0.298. The van der Waals surface area contributed by atoms with Crippen molar-refractivity contribution in [2.24, 2.45) is 5.73 Å². The largest absolute Gasteiger partial charge is 0.500 e. The first-order valence-electron chi connectivity index (χ1n) is 7.31. The summed E-state index contributed by atoms with van der Waals surface area (Å²) in [5.41, 5.74) is 6.03. The van der Waals surface area contributed by atoms with Gasteiger partial charge in [0.1, 0.15) is 0 Å². The molecule has 0 aliphatic carbocycles. The molecule has 0 aromatic carbocycles. The van der Waals surface area contributed by atoms with Crippen LogP contribution >= 0.6 is 0 Å². The molecule has 0 aromatic heterocycles. The molecule has 0 radical (unpaired) electrons. The molecule has 0 heterocycles. The predicted molar refractivity (Wildman–Crippen MR) is 77.6 cm³/mol. The first-order valence-corrected chi connectivity index (χ1v) is 9.24. The molecular weight excluding hydrogens is 246 g/mol. The molecule has 0 aliphatic heterocycles. The maximum absolute atomic E-state index is 6.03. The summed E-state index contributed by atoms with van der Waals surface area (Å²) in [6, 6.07) is 1.17. The fourth-order valence-corrected chi connectivity index (χ4v) is 4.74. The van der Waals surface area contributed by atoms with Crippen LogP contribution in [0.25, 0.3) is 0 Å². The van der Waals surface area contributed by atoms with Crippen LogP contribution in [0.15, 0.2) is 0 Å². The molecule has 2 N–H and O–H groups in total. The van der Waals surface area contributed by atoms with Crippen LogP contribution in [0, 0.1) is 0 Å². The van der Waals surface area contributed by atoms with E-state index in [-0.39, 0.29) is 0 Å². The van der Waals surface area contributed by atoms with Gasteiger partial charge in [0.2, 0.25) is 0 Å². The summed E-state index contributed by atoms with van der Waals surface area (Å²) in [6.07, 6.45) is 4.28. The van der Waals surface area contributed by atoms with Crippen LogP contribution in [0.5, 0.6) is 0 Å². The Hall–Kier alpha value is 0.0569. The van der Waals surface area contributed by atoms with Gasteiger partial charge in [-0.3, -0.25) is 0 Å². The average Bonchev–Trinajstić information content (AvgIpc) is 2.30. The Morgan fingerprint density at radius 2 is 1.39 bits per heavy atom. The molecule has 0 fully saturated rings. The van der Waals surface area contributed by atoms with Gasteiger partial charge in [0.15, 0.2) is 0 Å². The molecule has 1 unspecified atom stereocenters. The van der Waals surface area contributed by atoms with Crippen molar-refractivity contribution in [1.29, 1.82) is 0 Å².